The molecule has 0 aliphatic heterocycles. The Kier molecular flexibility index (Phi) is 21.4. The molecule has 0 bridgehead atoms. The van der Waals surface area contributed by atoms with Gasteiger partial charge in [-0.25, -0.2) is 0 Å². The SMILES string of the molecule is CCO[Si](OCC)(OCC)C(CC)SSSSSC(CC)[Si](OCC)(OCC)OCC. The first-order chi connectivity index (χ1) is 15.0. The van der Waals surface area contributed by atoms with E-state index in [1.54, 1.807) is 51.1 Å². The van der Waals surface area contributed by atoms with E-state index in [2.05, 4.69) is 13.8 Å². The first kappa shape index (κ1) is 32.9. The quantitative estimate of drug-likeness (QED) is 0.0764. The Hall–Kier alpha value is 1.94. The molecule has 0 aliphatic carbocycles. The number of rotatable bonds is 22. The van der Waals surface area contributed by atoms with Crippen molar-refractivity contribution in [1.82, 2.24) is 0 Å². The Morgan fingerprint density at radius 3 is 0.903 bits per heavy atom. The van der Waals surface area contributed by atoms with Gasteiger partial charge in [0.05, 0.1) is 9.75 Å². The van der Waals surface area contributed by atoms with Gasteiger partial charge in [0.2, 0.25) is 0 Å². The molecule has 188 valence electrons. The molecule has 0 aromatic heterocycles. The molecule has 0 radical (unpaired) electrons. The molecule has 13 heteroatoms. The van der Waals surface area contributed by atoms with E-state index in [0.717, 1.165) is 12.8 Å². The molecule has 0 aliphatic rings. The van der Waals surface area contributed by atoms with Crippen LogP contribution in [0.5, 0.6) is 0 Å². The summed E-state index contributed by atoms with van der Waals surface area (Å²) >= 11 is 0. The minimum absolute atomic E-state index is 0.196. The molecule has 0 saturated heterocycles. The lowest BCUT2D eigenvalue weighted by Crippen LogP contribution is -2.55. The monoisotopic (exact) mass is 570 g/mol. The van der Waals surface area contributed by atoms with Crippen molar-refractivity contribution < 1.29 is 26.6 Å². The highest BCUT2D eigenvalue weighted by atomic mass is 33.8. The average molecular weight is 571 g/mol. The summed E-state index contributed by atoms with van der Waals surface area (Å²) in [6.45, 7) is 19.9. The van der Waals surface area contributed by atoms with Gasteiger partial charge < -0.3 is 26.6 Å². The van der Waals surface area contributed by atoms with E-state index in [1.165, 1.54) is 0 Å². The van der Waals surface area contributed by atoms with Crippen LogP contribution in [0.4, 0.5) is 0 Å². The lowest BCUT2D eigenvalue weighted by atomic mass is 10.6. The molecule has 0 aromatic rings. The summed E-state index contributed by atoms with van der Waals surface area (Å²) in [4.78, 5) is 0.391. The van der Waals surface area contributed by atoms with Crippen LogP contribution in [0.2, 0.25) is 0 Å². The van der Waals surface area contributed by atoms with Gasteiger partial charge in [-0.15, -0.1) is 0 Å². The minimum atomic E-state index is -2.72. The van der Waals surface area contributed by atoms with Gasteiger partial charge in [0.1, 0.15) is 0 Å². The number of hydrogen-bond acceptors (Lipinski definition) is 11. The standard InChI is InChI=1S/C18H42O6S5Si2/c1-9-17(30(19-11-3,20-12-4)21-13-5)25-27-29-28-26-18(10-2)31(22-14-6,23-15-7)24-16-8/h17-18H,9-16H2,1-8H3. The fourth-order valence-electron chi connectivity index (χ4n) is 2.91. The van der Waals surface area contributed by atoms with Crippen LogP contribution in [0.25, 0.3) is 0 Å². The maximum Gasteiger partial charge on any atom is 0.515 e. The average Bonchev–Trinajstić information content (AvgIpc) is 2.74. The van der Waals surface area contributed by atoms with Crippen molar-refractivity contribution in [3.8, 4) is 0 Å². The Morgan fingerprint density at radius 2 is 0.710 bits per heavy atom. The molecule has 0 heterocycles. The zero-order valence-electron chi connectivity index (χ0n) is 20.3. The summed E-state index contributed by atoms with van der Waals surface area (Å²) in [6.07, 6.45) is 1.88. The maximum absolute atomic E-state index is 6.10. The largest absolute Gasteiger partial charge is 0.515 e. The Balaban J connectivity index is 4.91. The summed E-state index contributed by atoms with van der Waals surface area (Å²) < 4.78 is 36.6. The maximum atomic E-state index is 6.10. The lowest BCUT2D eigenvalue weighted by molar-refractivity contribution is 0.0685. The van der Waals surface area contributed by atoms with Crippen molar-refractivity contribution >= 4 is 68.7 Å². The van der Waals surface area contributed by atoms with E-state index in [0.29, 0.717) is 39.6 Å². The van der Waals surface area contributed by atoms with Crippen molar-refractivity contribution in [1.29, 1.82) is 0 Å². The molecule has 0 saturated carbocycles. The highest BCUT2D eigenvalue weighted by Gasteiger charge is 2.50. The highest BCUT2D eigenvalue weighted by molar-refractivity contribution is 9.35. The van der Waals surface area contributed by atoms with Crippen LogP contribution >= 0.6 is 51.1 Å². The van der Waals surface area contributed by atoms with Crippen molar-refractivity contribution in [2.45, 2.75) is 78.0 Å². The second kappa shape index (κ2) is 20.2. The normalized spacial score (nSPS) is 14.7. The van der Waals surface area contributed by atoms with Crippen molar-refractivity contribution in [2.24, 2.45) is 0 Å². The van der Waals surface area contributed by atoms with Crippen molar-refractivity contribution in [3.05, 3.63) is 0 Å². The summed E-state index contributed by atoms with van der Waals surface area (Å²) in [5.41, 5.74) is 0. The van der Waals surface area contributed by atoms with Crippen LogP contribution in [-0.4, -0.2) is 67.0 Å². The summed E-state index contributed by atoms with van der Waals surface area (Å²) in [7, 11) is 3.42. The molecule has 0 amide bonds. The van der Waals surface area contributed by atoms with Crippen LogP contribution in [0.3, 0.4) is 0 Å². The molecule has 0 rings (SSSR count). The second-order valence-corrected chi connectivity index (χ2v) is 20.4. The molecule has 0 N–H and O–H groups in total. The molecular weight excluding hydrogens is 529 g/mol. The second-order valence-electron chi connectivity index (χ2n) is 6.00. The van der Waals surface area contributed by atoms with Crippen LogP contribution < -0.4 is 0 Å². The zero-order valence-corrected chi connectivity index (χ0v) is 26.4. The number of hydrogen-bond donors (Lipinski definition) is 0. The molecule has 0 fully saturated rings. The van der Waals surface area contributed by atoms with Gasteiger partial charge in [-0.1, -0.05) is 35.4 Å². The molecule has 2 atom stereocenters. The topological polar surface area (TPSA) is 55.4 Å². The van der Waals surface area contributed by atoms with Gasteiger partial charge >= 0.3 is 17.6 Å². The summed E-state index contributed by atoms with van der Waals surface area (Å²) in [5, 5.41) is 0. The van der Waals surface area contributed by atoms with Crippen molar-refractivity contribution in [2.75, 3.05) is 39.6 Å². The third-order valence-electron chi connectivity index (χ3n) is 3.97. The zero-order chi connectivity index (χ0) is 23.6. The van der Waals surface area contributed by atoms with Gasteiger partial charge in [-0.05, 0) is 83.9 Å². The molecular formula is C18H42O6S5Si2. The Morgan fingerprint density at radius 1 is 0.452 bits per heavy atom. The van der Waals surface area contributed by atoms with Gasteiger partial charge in [-0.2, -0.15) is 0 Å². The van der Waals surface area contributed by atoms with Crippen LogP contribution in [0.15, 0.2) is 0 Å². The molecule has 0 aromatic carbocycles. The molecule has 2 unspecified atom stereocenters. The van der Waals surface area contributed by atoms with E-state index < -0.39 is 17.6 Å². The van der Waals surface area contributed by atoms with E-state index in [4.69, 9.17) is 26.6 Å². The first-order valence-corrected chi connectivity index (χ1v) is 21.0. The van der Waals surface area contributed by atoms with Gasteiger partial charge in [0, 0.05) is 39.6 Å². The third kappa shape index (κ3) is 11.5. The van der Waals surface area contributed by atoms with Crippen LogP contribution in [0, 0.1) is 0 Å². The fraction of sp³-hybridized carbons (Fsp3) is 1.00. The van der Waals surface area contributed by atoms with Gasteiger partial charge in [0.15, 0.2) is 0 Å². The molecule has 31 heavy (non-hydrogen) atoms. The highest BCUT2D eigenvalue weighted by Crippen LogP contribution is 2.54. The smallest absolute Gasteiger partial charge is 0.373 e. The van der Waals surface area contributed by atoms with E-state index in [-0.39, 0.29) is 9.75 Å². The summed E-state index contributed by atoms with van der Waals surface area (Å²) in [6, 6.07) is 0. The molecule has 6 nitrogen and oxygen atoms in total. The predicted octanol–water partition coefficient (Wildman–Crippen LogP) is 7.04. The Bertz CT molecular complexity index is 361. The Labute approximate surface area is 211 Å². The van der Waals surface area contributed by atoms with Crippen LogP contribution in [0.1, 0.15) is 68.2 Å². The molecule has 0 spiro atoms. The first-order valence-electron chi connectivity index (χ1n) is 11.1. The van der Waals surface area contributed by atoms with Crippen LogP contribution in [-0.2, 0) is 26.6 Å². The summed E-state index contributed by atoms with van der Waals surface area (Å²) in [5.74, 6) is 0. The lowest BCUT2D eigenvalue weighted by Gasteiger charge is -2.34. The van der Waals surface area contributed by atoms with E-state index in [9.17, 15) is 0 Å². The predicted molar refractivity (Wildman–Crippen MR) is 147 cm³/mol. The van der Waals surface area contributed by atoms with Crippen molar-refractivity contribution in [3.63, 3.8) is 0 Å². The van der Waals surface area contributed by atoms with E-state index in [1.807, 2.05) is 41.5 Å². The van der Waals surface area contributed by atoms with E-state index >= 15 is 0 Å². The van der Waals surface area contributed by atoms with Gasteiger partial charge in [-0.3, -0.25) is 0 Å². The third-order valence-corrected chi connectivity index (χ3v) is 23.0. The van der Waals surface area contributed by atoms with Gasteiger partial charge in [0.25, 0.3) is 0 Å². The fourth-order valence-corrected chi connectivity index (χ4v) is 23.2. The minimum Gasteiger partial charge on any atom is -0.373 e.